The molecule has 5 heteroatoms. The summed E-state index contributed by atoms with van der Waals surface area (Å²) in [5, 5.41) is 7.00. The third-order valence-electron chi connectivity index (χ3n) is 2.88. The summed E-state index contributed by atoms with van der Waals surface area (Å²) in [6, 6.07) is -0.119. The van der Waals surface area contributed by atoms with E-state index in [4.69, 9.17) is 5.73 Å². The highest BCUT2D eigenvalue weighted by Gasteiger charge is 2.15. The maximum Gasteiger partial charge on any atom is 0.222 e. The van der Waals surface area contributed by atoms with Crippen molar-refractivity contribution in [2.75, 3.05) is 0 Å². The van der Waals surface area contributed by atoms with Gasteiger partial charge in [0.25, 0.3) is 0 Å². The lowest BCUT2D eigenvalue weighted by Gasteiger charge is -2.17. The number of nitrogens with one attached hydrogen (secondary N) is 1. The maximum atomic E-state index is 11.7. The monoisotopic (exact) mass is 238 g/mol. The van der Waals surface area contributed by atoms with E-state index in [1.54, 1.807) is 10.9 Å². The van der Waals surface area contributed by atoms with Crippen LogP contribution in [0.3, 0.4) is 0 Å². The second kappa shape index (κ2) is 5.82. The van der Waals surface area contributed by atoms with Crippen molar-refractivity contribution >= 4 is 5.91 Å². The molecule has 1 rings (SSSR count). The van der Waals surface area contributed by atoms with Crippen molar-refractivity contribution in [3.05, 3.63) is 18.0 Å². The lowest BCUT2D eigenvalue weighted by atomic mass is 10.0. The Morgan fingerprint density at radius 2 is 2.18 bits per heavy atom. The van der Waals surface area contributed by atoms with Gasteiger partial charge in [-0.2, -0.15) is 5.10 Å². The van der Waals surface area contributed by atoms with Crippen LogP contribution >= 0.6 is 0 Å². The zero-order valence-electron chi connectivity index (χ0n) is 11.0. The van der Waals surface area contributed by atoms with Crippen molar-refractivity contribution in [3.8, 4) is 0 Å². The molecule has 96 valence electrons. The molecule has 17 heavy (non-hydrogen) atoms. The molecule has 2 atom stereocenters. The van der Waals surface area contributed by atoms with E-state index in [1.165, 1.54) is 0 Å². The molecule has 1 aromatic heterocycles. The SMILES string of the molecule is CC(NC(=O)CC(N)C(C)C)c1cnn(C)c1. The van der Waals surface area contributed by atoms with E-state index in [-0.39, 0.29) is 18.0 Å². The molecule has 3 N–H and O–H groups in total. The Balaban J connectivity index is 2.46. The first-order valence-corrected chi connectivity index (χ1v) is 5.93. The fraction of sp³-hybridized carbons (Fsp3) is 0.667. The average molecular weight is 238 g/mol. The van der Waals surface area contributed by atoms with Gasteiger partial charge in [0.2, 0.25) is 5.91 Å². The van der Waals surface area contributed by atoms with Crippen LogP contribution in [0.5, 0.6) is 0 Å². The summed E-state index contributed by atoms with van der Waals surface area (Å²) < 4.78 is 1.72. The number of rotatable bonds is 5. The van der Waals surface area contributed by atoms with Gasteiger partial charge in [-0.15, -0.1) is 0 Å². The lowest BCUT2D eigenvalue weighted by Crippen LogP contribution is -2.35. The summed E-state index contributed by atoms with van der Waals surface area (Å²) in [5.74, 6) is 0.303. The van der Waals surface area contributed by atoms with Gasteiger partial charge in [0.05, 0.1) is 12.2 Å². The number of hydrogen-bond acceptors (Lipinski definition) is 3. The molecule has 5 nitrogen and oxygen atoms in total. The maximum absolute atomic E-state index is 11.7. The van der Waals surface area contributed by atoms with Gasteiger partial charge in [-0.1, -0.05) is 13.8 Å². The van der Waals surface area contributed by atoms with E-state index in [1.807, 2.05) is 34.0 Å². The molecular weight excluding hydrogens is 216 g/mol. The van der Waals surface area contributed by atoms with Crippen LogP contribution in [0.15, 0.2) is 12.4 Å². The summed E-state index contributed by atoms with van der Waals surface area (Å²) >= 11 is 0. The quantitative estimate of drug-likeness (QED) is 0.803. The number of carbonyl (C=O) groups is 1. The standard InChI is InChI=1S/C12H22N4O/c1-8(2)11(13)5-12(17)15-9(3)10-6-14-16(4)7-10/h6-9,11H,5,13H2,1-4H3,(H,15,17). The molecule has 0 aliphatic carbocycles. The van der Waals surface area contributed by atoms with Gasteiger partial charge < -0.3 is 11.1 Å². The predicted molar refractivity (Wildman–Crippen MR) is 67.2 cm³/mol. The zero-order chi connectivity index (χ0) is 13.0. The Morgan fingerprint density at radius 3 is 2.65 bits per heavy atom. The summed E-state index contributed by atoms with van der Waals surface area (Å²) in [6.07, 6.45) is 4.02. The number of nitrogens with two attached hydrogens (primary N) is 1. The third kappa shape index (κ3) is 4.19. The minimum atomic E-state index is -0.0869. The second-order valence-electron chi connectivity index (χ2n) is 4.85. The molecule has 0 spiro atoms. The molecule has 1 amide bonds. The number of aromatic nitrogens is 2. The van der Waals surface area contributed by atoms with Crippen LogP contribution in [0.4, 0.5) is 0 Å². The first kappa shape index (κ1) is 13.7. The van der Waals surface area contributed by atoms with E-state index in [0.29, 0.717) is 12.3 Å². The minimum absolute atomic E-state index is 0.0115. The van der Waals surface area contributed by atoms with Gasteiger partial charge in [-0.05, 0) is 12.8 Å². The van der Waals surface area contributed by atoms with Crippen LogP contribution in [-0.2, 0) is 11.8 Å². The molecule has 0 saturated carbocycles. The van der Waals surface area contributed by atoms with Crippen LogP contribution in [-0.4, -0.2) is 21.7 Å². The van der Waals surface area contributed by atoms with Crippen LogP contribution in [0.2, 0.25) is 0 Å². The van der Waals surface area contributed by atoms with Crippen molar-refractivity contribution in [3.63, 3.8) is 0 Å². The van der Waals surface area contributed by atoms with E-state index in [9.17, 15) is 4.79 Å². The molecule has 1 heterocycles. The van der Waals surface area contributed by atoms with Crippen molar-refractivity contribution in [2.24, 2.45) is 18.7 Å². The summed E-state index contributed by atoms with van der Waals surface area (Å²) in [6.45, 7) is 5.97. The van der Waals surface area contributed by atoms with E-state index in [0.717, 1.165) is 5.56 Å². The Hall–Kier alpha value is -1.36. The van der Waals surface area contributed by atoms with Crippen molar-refractivity contribution < 1.29 is 4.79 Å². The number of amides is 1. The highest BCUT2D eigenvalue weighted by molar-refractivity contribution is 5.77. The van der Waals surface area contributed by atoms with E-state index < -0.39 is 0 Å². The Morgan fingerprint density at radius 1 is 1.53 bits per heavy atom. The number of carbonyl (C=O) groups excluding carboxylic acids is 1. The van der Waals surface area contributed by atoms with Crippen LogP contribution in [0, 0.1) is 5.92 Å². The predicted octanol–water partition coefficient (Wildman–Crippen LogP) is 0.971. The third-order valence-corrected chi connectivity index (χ3v) is 2.88. The summed E-state index contributed by atoms with van der Waals surface area (Å²) in [5.41, 5.74) is 6.86. The number of aryl methyl sites for hydroxylation is 1. The molecule has 0 fully saturated rings. The van der Waals surface area contributed by atoms with E-state index >= 15 is 0 Å². The molecule has 0 aliphatic rings. The first-order chi connectivity index (χ1) is 7.90. The molecule has 0 saturated heterocycles. The van der Waals surface area contributed by atoms with Crippen molar-refractivity contribution in [1.82, 2.24) is 15.1 Å². The Kier molecular flexibility index (Phi) is 4.69. The number of hydrogen-bond donors (Lipinski definition) is 2. The van der Waals surface area contributed by atoms with Gasteiger partial charge in [0.15, 0.2) is 0 Å². The highest BCUT2D eigenvalue weighted by Crippen LogP contribution is 2.11. The Bertz CT molecular complexity index is 372. The normalized spacial score (nSPS) is 14.7. The van der Waals surface area contributed by atoms with Crippen LogP contribution in [0.25, 0.3) is 0 Å². The minimum Gasteiger partial charge on any atom is -0.349 e. The lowest BCUT2D eigenvalue weighted by molar-refractivity contribution is -0.122. The largest absolute Gasteiger partial charge is 0.349 e. The molecule has 1 aromatic rings. The fourth-order valence-electron chi connectivity index (χ4n) is 1.50. The zero-order valence-corrected chi connectivity index (χ0v) is 11.0. The van der Waals surface area contributed by atoms with Crippen LogP contribution in [0.1, 0.15) is 38.8 Å². The molecule has 0 radical (unpaired) electrons. The van der Waals surface area contributed by atoms with Gasteiger partial charge in [0, 0.05) is 31.3 Å². The summed E-state index contributed by atoms with van der Waals surface area (Å²) in [4.78, 5) is 11.7. The molecule has 2 unspecified atom stereocenters. The summed E-state index contributed by atoms with van der Waals surface area (Å²) in [7, 11) is 1.85. The smallest absolute Gasteiger partial charge is 0.222 e. The topological polar surface area (TPSA) is 72.9 Å². The van der Waals surface area contributed by atoms with E-state index in [2.05, 4.69) is 10.4 Å². The highest BCUT2D eigenvalue weighted by atomic mass is 16.1. The fourth-order valence-corrected chi connectivity index (χ4v) is 1.50. The van der Waals surface area contributed by atoms with Crippen molar-refractivity contribution in [1.29, 1.82) is 0 Å². The van der Waals surface area contributed by atoms with Crippen molar-refractivity contribution in [2.45, 2.75) is 39.3 Å². The average Bonchev–Trinajstić information content (AvgIpc) is 2.64. The van der Waals surface area contributed by atoms with Gasteiger partial charge in [-0.3, -0.25) is 9.48 Å². The number of nitrogens with zero attached hydrogens (tertiary/aromatic N) is 2. The molecule has 0 aromatic carbocycles. The molecule has 0 bridgehead atoms. The second-order valence-corrected chi connectivity index (χ2v) is 4.85. The van der Waals surface area contributed by atoms with Gasteiger partial charge in [0.1, 0.15) is 0 Å². The Labute approximate surface area is 102 Å². The van der Waals surface area contributed by atoms with Crippen LogP contribution < -0.4 is 11.1 Å². The van der Waals surface area contributed by atoms with Gasteiger partial charge >= 0.3 is 0 Å². The van der Waals surface area contributed by atoms with Gasteiger partial charge in [-0.25, -0.2) is 0 Å². The molecule has 0 aliphatic heterocycles. The molecular formula is C12H22N4O. The first-order valence-electron chi connectivity index (χ1n) is 5.93.